The number of aromatic amines is 1. The molecule has 0 aliphatic carbocycles. The van der Waals surface area contributed by atoms with Crippen molar-refractivity contribution in [2.75, 3.05) is 7.11 Å². The van der Waals surface area contributed by atoms with Crippen molar-refractivity contribution >= 4 is 21.6 Å². The maximum atomic E-state index is 12.4. The first-order valence-corrected chi connectivity index (χ1v) is 8.05. The number of benzene rings is 1. The monoisotopic (exact) mass is 329 g/mol. The summed E-state index contributed by atoms with van der Waals surface area (Å²) in [6.45, 7) is 3.33. The van der Waals surface area contributed by atoms with E-state index < -0.39 is 10.0 Å². The lowest BCUT2D eigenvalue weighted by atomic mass is 10.2. The van der Waals surface area contributed by atoms with Gasteiger partial charge < -0.3 is 4.74 Å². The molecule has 0 saturated carbocycles. The number of aryl methyl sites for hydroxylation is 2. The van der Waals surface area contributed by atoms with Crippen LogP contribution in [-0.2, 0) is 16.6 Å². The molecule has 0 bridgehead atoms. The summed E-state index contributed by atoms with van der Waals surface area (Å²) in [7, 11) is -2.17. The number of halogens is 1. The van der Waals surface area contributed by atoms with E-state index in [0.717, 1.165) is 0 Å². The second-order valence-corrected chi connectivity index (χ2v) is 6.62. The Morgan fingerprint density at radius 3 is 2.67 bits per heavy atom. The first kappa shape index (κ1) is 15.8. The van der Waals surface area contributed by atoms with Crippen LogP contribution in [0.1, 0.15) is 17.0 Å². The van der Waals surface area contributed by atoms with E-state index in [4.69, 9.17) is 16.3 Å². The zero-order chi connectivity index (χ0) is 15.6. The van der Waals surface area contributed by atoms with E-state index in [9.17, 15) is 8.42 Å². The fourth-order valence-corrected chi connectivity index (χ4v) is 3.67. The Bertz CT molecular complexity index is 737. The van der Waals surface area contributed by atoms with Crippen LogP contribution in [0.15, 0.2) is 23.1 Å². The lowest BCUT2D eigenvalue weighted by Gasteiger charge is -2.12. The molecule has 2 rings (SSSR count). The zero-order valence-electron chi connectivity index (χ0n) is 11.9. The smallest absolute Gasteiger partial charge is 0.244 e. The fourth-order valence-electron chi connectivity index (χ4n) is 2.08. The van der Waals surface area contributed by atoms with Crippen LogP contribution in [0, 0.1) is 13.8 Å². The van der Waals surface area contributed by atoms with E-state index in [-0.39, 0.29) is 11.4 Å². The van der Waals surface area contributed by atoms with Gasteiger partial charge in [-0.3, -0.25) is 5.10 Å². The van der Waals surface area contributed by atoms with Crippen LogP contribution in [0.4, 0.5) is 0 Å². The predicted octanol–water partition coefficient (Wildman–Crippen LogP) is 2.17. The molecule has 2 aromatic rings. The van der Waals surface area contributed by atoms with Crippen LogP contribution >= 0.6 is 11.6 Å². The highest BCUT2D eigenvalue weighted by atomic mass is 35.5. The van der Waals surface area contributed by atoms with Crippen LogP contribution in [-0.4, -0.2) is 25.7 Å². The second-order valence-electron chi connectivity index (χ2n) is 4.51. The van der Waals surface area contributed by atoms with Crippen molar-refractivity contribution in [1.82, 2.24) is 14.9 Å². The molecule has 0 radical (unpaired) electrons. The van der Waals surface area contributed by atoms with Crippen LogP contribution in [0.25, 0.3) is 0 Å². The van der Waals surface area contributed by atoms with Gasteiger partial charge in [-0.05, 0) is 26.0 Å². The van der Waals surface area contributed by atoms with Crippen molar-refractivity contribution in [2.45, 2.75) is 25.3 Å². The quantitative estimate of drug-likeness (QED) is 0.880. The molecule has 6 nitrogen and oxygen atoms in total. The number of rotatable bonds is 5. The molecule has 0 fully saturated rings. The number of aromatic nitrogens is 2. The van der Waals surface area contributed by atoms with Crippen molar-refractivity contribution < 1.29 is 13.2 Å². The molecule has 1 aromatic heterocycles. The number of ether oxygens (including phenoxy) is 1. The molecular weight excluding hydrogens is 314 g/mol. The summed E-state index contributed by atoms with van der Waals surface area (Å²) in [5, 5.41) is 6.99. The Labute approximate surface area is 128 Å². The highest BCUT2D eigenvalue weighted by Gasteiger charge is 2.22. The summed E-state index contributed by atoms with van der Waals surface area (Å²) in [5.41, 5.74) is 1.50. The summed E-state index contributed by atoms with van der Waals surface area (Å²) in [5.74, 6) is 0.533. The van der Waals surface area contributed by atoms with Gasteiger partial charge in [0.05, 0.1) is 18.5 Å². The second kappa shape index (κ2) is 6.05. The molecule has 1 aromatic carbocycles. The summed E-state index contributed by atoms with van der Waals surface area (Å²) >= 11 is 6.09. The minimum atomic E-state index is -3.68. The van der Waals surface area contributed by atoms with Crippen LogP contribution in [0.3, 0.4) is 0 Å². The Kier molecular flexibility index (Phi) is 4.55. The van der Waals surface area contributed by atoms with Gasteiger partial charge in [0.25, 0.3) is 0 Å². The van der Waals surface area contributed by atoms with Crippen molar-refractivity contribution in [3.05, 3.63) is 40.2 Å². The molecule has 0 aliphatic heterocycles. The largest absolute Gasteiger partial charge is 0.496 e. The van der Waals surface area contributed by atoms with Crippen LogP contribution in [0.2, 0.25) is 5.02 Å². The Morgan fingerprint density at radius 1 is 1.38 bits per heavy atom. The Balaban J connectivity index is 2.28. The lowest BCUT2D eigenvalue weighted by molar-refractivity contribution is 0.409. The van der Waals surface area contributed by atoms with Gasteiger partial charge in [0, 0.05) is 17.1 Å². The highest BCUT2D eigenvalue weighted by molar-refractivity contribution is 7.89. The van der Waals surface area contributed by atoms with Crippen molar-refractivity contribution in [3.63, 3.8) is 0 Å². The number of H-pyrrole nitrogens is 1. The Hall–Kier alpha value is -1.57. The fraction of sp³-hybridized carbons (Fsp3) is 0.308. The van der Waals surface area contributed by atoms with Gasteiger partial charge in [-0.1, -0.05) is 17.7 Å². The SMILES string of the molecule is COc1cccc(Cl)c1CNS(=O)(=O)c1c(C)n[nH]c1C. The minimum absolute atomic E-state index is 0.0369. The maximum Gasteiger partial charge on any atom is 0.244 e. The third kappa shape index (κ3) is 3.20. The number of hydrogen-bond donors (Lipinski definition) is 2. The normalized spacial score (nSPS) is 11.6. The minimum Gasteiger partial charge on any atom is -0.496 e. The molecule has 0 amide bonds. The summed E-state index contributed by atoms with van der Waals surface area (Å²) in [6, 6.07) is 5.15. The summed E-state index contributed by atoms with van der Waals surface area (Å²) in [6.07, 6.45) is 0. The lowest BCUT2D eigenvalue weighted by Crippen LogP contribution is -2.24. The zero-order valence-corrected chi connectivity index (χ0v) is 13.5. The molecule has 0 atom stereocenters. The predicted molar refractivity (Wildman–Crippen MR) is 80.1 cm³/mol. The van der Waals surface area contributed by atoms with Gasteiger partial charge in [0.1, 0.15) is 10.6 Å². The van der Waals surface area contributed by atoms with Crippen molar-refractivity contribution in [2.24, 2.45) is 0 Å². The summed E-state index contributed by atoms with van der Waals surface area (Å²) < 4.78 is 32.4. The number of nitrogens with zero attached hydrogens (tertiary/aromatic N) is 1. The van der Waals surface area contributed by atoms with Gasteiger partial charge in [-0.2, -0.15) is 5.10 Å². The van der Waals surface area contributed by atoms with E-state index >= 15 is 0 Å². The van der Waals surface area contributed by atoms with Gasteiger partial charge in [-0.15, -0.1) is 0 Å². The van der Waals surface area contributed by atoms with Gasteiger partial charge in [0.15, 0.2) is 0 Å². The molecule has 2 N–H and O–H groups in total. The Morgan fingerprint density at radius 2 is 2.10 bits per heavy atom. The van der Waals surface area contributed by atoms with E-state index in [1.54, 1.807) is 32.0 Å². The van der Waals surface area contributed by atoms with Crippen LogP contribution in [0.5, 0.6) is 5.75 Å². The van der Waals surface area contributed by atoms with Crippen LogP contribution < -0.4 is 9.46 Å². The molecule has 0 unspecified atom stereocenters. The van der Waals surface area contributed by atoms with Gasteiger partial charge in [0.2, 0.25) is 10.0 Å². The standard InChI is InChI=1S/C13H16ClN3O3S/c1-8-13(9(2)17-16-8)21(18,19)15-7-10-11(14)5-4-6-12(10)20-3/h4-6,15H,7H2,1-3H3,(H,16,17). The number of hydrogen-bond acceptors (Lipinski definition) is 4. The van der Waals surface area contributed by atoms with Crippen molar-refractivity contribution in [3.8, 4) is 5.75 Å². The molecule has 0 saturated heterocycles. The number of nitrogens with one attached hydrogen (secondary N) is 2. The number of sulfonamides is 1. The molecule has 1 heterocycles. The molecule has 21 heavy (non-hydrogen) atoms. The molecule has 0 spiro atoms. The average molecular weight is 330 g/mol. The van der Waals surface area contributed by atoms with E-state index in [1.165, 1.54) is 7.11 Å². The highest BCUT2D eigenvalue weighted by Crippen LogP contribution is 2.26. The molecule has 8 heteroatoms. The molecule has 0 aliphatic rings. The molecule has 114 valence electrons. The topological polar surface area (TPSA) is 84.1 Å². The van der Waals surface area contributed by atoms with E-state index in [0.29, 0.717) is 27.7 Å². The van der Waals surface area contributed by atoms with Crippen molar-refractivity contribution in [1.29, 1.82) is 0 Å². The van der Waals surface area contributed by atoms with E-state index in [1.807, 2.05) is 0 Å². The van der Waals surface area contributed by atoms with Gasteiger partial charge in [-0.25, -0.2) is 13.1 Å². The third-order valence-corrected chi connectivity index (χ3v) is 5.08. The maximum absolute atomic E-state index is 12.4. The summed E-state index contributed by atoms with van der Waals surface area (Å²) in [4.78, 5) is 0.161. The third-order valence-electron chi connectivity index (χ3n) is 3.06. The molecular formula is C13H16ClN3O3S. The average Bonchev–Trinajstić information content (AvgIpc) is 2.77. The van der Waals surface area contributed by atoms with E-state index in [2.05, 4.69) is 14.9 Å². The number of methoxy groups -OCH3 is 1. The first-order valence-electron chi connectivity index (χ1n) is 6.19. The first-order chi connectivity index (χ1) is 9.86. The van der Waals surface area contributed by atoms with Gasteiger partial charge >= 0.3 is 0 Å².